The minimum absolute atomic E-state index is 0.152. The van der Waals surface area contributed by atoms with E-state index in [-0.39, 0.29) is 17.9 Å². The first-order valence-corrected chi connectivity index (χ1v) is 4.73. The van der Waals surface area contributed by atoms with E-state index in [0.29, 0.717) is 6.54 Å². The van der Waals surface area contributed by atoms with Crippen LogP contribution in [0.25, 0.3) is 0 Å². The number of benzene rings is 1. The first-order chi connectivity index (χ1) is 6.70. The third-order valence-electron chi connectivity index (χ3n) is 2.76. The maximum atomic E-state index is 11.7. The van der Waals surface area contributed by atoms with E-state index in [2.05, 4.69) is 0 Å². The van der Waals surface area contributed by atoms with Crippen molar-refractivity contribution < 1.29 is 4.79 Å². The molecule has 2 N–H and O–H groups in total. The molecule has 2 unspecified atom stereocenters. The summed E-state index contributed by atoms with van der Waals surface area (Å²) in [5, 5.41) is 0. The largest absolute Gasteiger partial charge is 0.315 e. The molecule has 3 heteroatoms. The van der Waals surface area contributed by atoms with Gasteiger partial charge in [0.1, 0.15) is 0 Å². The lowest BCUT2D eigenvalue weighted by Crippen LogP contribution is -2.36. The summed E-state index contributed by atoms with van der Waals surface area (Å²) in [7, 11) is 1.88. The molecular formula is C11H14N2O. The first-order valence-electron chi connectivity index (χ1n) is 4.73. The second kappa shape index (κ2) is 3.52. The highest BCUT2D eigenvalue weighted by Gasteiger charge is 2.36. The minimum Gasteiger partial charge on any atom is -0.315 e. The maximum absolute atomic E-state index is 11.7. The van der Waals surface area contributed by atoms with Crippen LogP contribution in [0.15, 0.2) is 30.3 Å². The number of ketones is 1. The predicted octanol–water partition coefficient (Wildman–Crippen LogP) is 0.570. The third-order valence-corrected chi connectivity index (χ3v) is 2.76. The van der Waals surface area contributed by atoms with Gasteiger partial charge in [-0.2, -0.15) is 0 Å². The van der Waals surface area contributed by atoms with E-state index in [4.69, 9.17) is 5.73 Å². The van der Waals surface area contributed by atoms with Crippen molar-refractivity contribution in [2.24, 2.45) is 5.73 Å². The van der Waals surface area contributed by atoms with Crippen molar-refractivity contribution in [3.8, 4) is 0 Å². The Kier molecular flexibility index (Phi) is 2.35. The smallest absolute Gasteiger partial charge is 0.157 e. The van der Waals surface area contributed by atoms with Crippen LogP contribution < -0.4 is 5.73 Å². The zero-order valence-corrected chi connectivity index (χ0v) is 8.18. The molecule has 1 aliphatic rings. The molecule has 0 aromatic heterocycles. The molecule has 0 bridgehead atoms. The van der Waals surface area contributed by atoms with Crippen molar-refractivity contribution in [1.29, 1.82) is 0 Å². The molecule has 1 aliphatic heterocycles. The summed E-state index contributed by atoms with van der Waals surface area (Å²) >= 11 is 0. The van der Waals surface area contributed by atoms with Crippen LogP contribution in [0.5, 0.6) is 0 Å². The number of rotatable bonds is 1. The molecular weight excluding hydrogens is 176 g/mol. The number of likely N-dealkylation sites (N-methyl/N-ethyl adjacent to an activating group) is 1. The van der Waals surface area contributed by atoms with Crippen LogP contribution in [0.4, 0.5) is 0 Å². The molecule has 1 saturated heterocycles. The molecule has 74 valence electrons. The molecule has 2 atom stereocenters. The van der Waals surface area contributed by atoms with E-state index < -0.39 is 0 Å². The first kappa shape index (κ1) is 9.37. The molecule has 14 heavy (non-hydrogen) atoms. The lowest BCUT2D eigenvalue weighted by Gasteiger charge is -2.18. The van der Waals surface area contributed by atoms with Crippen LogP contribution in [0.3, 0.4) is 0 Å². The van der Waals surface area contributed by atoms with Crippen molar-refractivity contribution in [2.75, 3.05) is 13.6 Å². The number of Topliss-reactive ketones (excluding diaryl/α,β-unsaturated/α-hetero) is 1. The minimum atomic E-state index is -0.176. The van der Waals surface area contributed by atoms with Crippen LogP contribution >= 0.6 is 0 Å². The summed E-state index contributed by atoms with van der Waals surface area (Å²) in [6.07, 6.45) is -0.176. The lowest BCUT2D eigenvalue weighted by atomic mass is 9.95. The molecule has 0 saturated carbocycles. The summed E-state index contributed by atoms with van der Waals surface area (Å²) in [5.74, 6) is 0.0624. The lowest BCUT2D eigenvalue weighted by molar-refractivity contribution is -0.118. The fourth-order valence-electron chi connectivity index (χ4n) is 1.94. The fraction of sp³-hybridized carbons (Fsp3) is 0.364. The van der Waals surface area contributed by atoms with E-state index in [0.717, 1.165) is 5.56 Å². The van der Waals surface area contributed by atoms with Gasteiger partial charge in [0.2, 0.25) is 0 Å². The Hall–Kier alpha value is -1.19. The summed E-state index contributed by atoms with van der Waals surface area (Å²) in [6, 6.07) is 9.74. The van der Waals surface area contributed by atoms with Gasteiger partial charge in [-0.15, -0.1) is 0 Å². The number of hydrogen-bond donors (Lipinski definition) is 1. The monoisotopic (exact) mass is 190 g/mol. The number of carbonyl (C=O) groups excluding carboxylic acids is 1. The molecule has 0 amide bonds. The second-order valence-corrected chi connectivity index (χ2v) is 3.76. The molecule has 0 spiro atoms. The van der Waals surface area contributed by atoms with Gasteiger partial charge >= 0.3 is 0 Å². The van der Waals surface area contributed by atoms with Gasteiger partial charge in [0, 0.05) is 0 Å². The van der Waals surface area contributed by atoms with Crippen LogP contribution in [-0.2, 0) is 4.79 Å². The quantitative estimate of drug-likeness (QED) is 0.704. The molecule has 2 rings (SSSR count). The molecule has 1 aromatic carbocycles. The Labute approximate surface area is 83.5 Å². The number of hydrogen-bond acceptors (Lipinski definition) is 3. The van der Waals surface area contributed by atoms with Crippen molar-refractivity contribution in [3.63, 3.8) is 0 Å². The van der Waals surface area contributed by atoms with Gasteiger partial charge in [0.05, 0.1) is 18.6 Å². The summed E-state index contributed by atoms with van der Waals surface area (Å²) in [5.41, 5.74) is 6.97. The Morgan fingerprint density at radius 3 is 2.50 bits per heavy atom. The Bertz CT molecular complexity index is 336. The predicted molar refractivity (Wildman–Crippen MR) is 54.8 cm³/mol. The van der Waals surface area contributed by atoms with Crippen molar-refractivity contribution in [1.82, 2.24) is 4.90 Å². The topological polar surface area (TPSA) is 46.3 Å². The Morgan fingerprint density at radius 2 is 2.00 bits per heavy atom. The van der Waals surface area contributed by atoms with Crippen molar-refractivity contribution in [3.05, 3.63) is 35.9 Å². The van der Waals surface area contributed by atoms with E-state index in [1.54, 1.807) is 0 Å². The average Bonchev–Trinajstić information content (AvgIpc) is 2.43. The Morgan fingerprint density at radius 1 is 1.36 bits per heavy atom. The molecule has 0 radical (unpaired) electrons. The van der Waals surface area contributed by atoms with E-state index >= 15 is 0 Å². The van der Waals surface area contributed by atoms with Gasteiger partial charge in [0.25, 0.3) is 0 Å². The zero-order valence-electron chi connectivity index (χ0n) is 8.18. The van der Waals surface area contributed by atoms with E-state index in [9.17, 15) is 4.79 Å². The van der Waals surface area contributed by atoms with Gasteiger partial charge < -0.3 is 5.73 Å². The van der Waals surface area contributed by atoms with Gasteiger partial charge in [-0.05, 0) is 12.6 Å². The number of nitrogens with two attached hydrogens (primary N) is 1. The summed E-state index contributed by atoms with van der Waals surface area (Å²) in [6.45, 7) is 0.459. The molecule has 3 nitrogen and oxygen atoms in total. The fourth-order valence-corrected chi connectivity index (χ4v) is 1.94. The highest BCUT2D eigenvalue weighted by Crippen LogP contribution is 2.26. The van der Waals surface area contributed by atoms with Gasteiger partial charge in [-0.1, -0.05) is 30.3 Å². The van der Waals surface area contributed by atoms with Gasteiger partial charge in [0.15, 0.2) is 5.78 Å². The van der Waals surface area contributed by atoms with Crippen LogP contribution in [0.1, 0.15) is 11.5 Å². The molecule has 1 fully saturated rings. The maximum Gasteiger partial charge on any atom is 0.157 e. The molecule has 0 aliphatic carbocycles. The van der Waals surface area contributed by atoms with Crippen LogP contribution in [0.2, 0.25) is 0 Å². The number of carbonyl (C=O) groups is 1. The number of likely N-dealkylation sites (tertiary alicyclic amines) is 1. The molecule has 1 heterocycles. The van der Waals surface area contributed by atoms with Gasteiger partial charge in [-0.3, -0.25) is 9.69 Å². The SMILES string of the molecule is CN1CC(=O)C(c2ccccc2)C1N. The average molecular weight is 190 g/mol. The van der Waals surface area contributed by atoms with E-state index in [1.807, 2.05) is 42.3 Å². The van der Waals surface area contributed by atoms with E-state index in [1.165, 1.54) is 0 Å². The summed E-state index contributed by atoms with van der Waals surface area (Å²) < 4.78 is 0. The normalized spacial score (nSPS) is 28.3. The number of nitrogens with zero attached hydrogens (tertiary/aromatic N) is 1. The van der Waals surface area contributed by atoms with Crippen molar-refractivity contribution in [2.45, 2.75) is 12.1 Å². The van der Waals surface area contributed by atoms with Gasteiger partial charge in [-0.25, -0.2) is 0 Å². The van der Waals surface area contributed by atoms with Crippen molar-refractivity contribution >= 4 is 5.78 Å². The second-order valence-electron chi connectivity index (χ2n) is 3.76. The third kappa shape index (κ3) is 1.45. The van der Waals surface area contributed by atoms with Crippen LogP contribution in [0, 0.1) is 0 Å². The molecule has 1 aromatic rings. The highest BCUT2D eigenvalue weighted by atomic mass is 16.1. The zero-order chi connectivity index (χ0) is 10.1. The Balaban J connectivity index is 2.31. The van der Waals surface area contributed by atoms with Crippen LogP contribution in [-0.4, -0.2) is 30.4 Å². The highest BCUT2D eigenvalue weighted by molar-refractivity contribution is 5.90. The standard InChI is InChI=1S/C11H14N2O/c1-13-7-9(14)10(11(13)12)8-5-3-2-4-6-8/h2-6,10-11H,7,12H2,1H3. The summed E-state index contributed by atoms with van der Waals surface area (Å²) in [4.78, 5) is 13.6.